The van der Waals surface area contributed by atoms with Crippen molar-refractivity contribution in [2.45, 2.75) is 39.2 Å². The molecule has 0 saturated carbocycles. The molecular weight excluding hydrogens is 266 g/mol. The quantitative estimate of drug-likeness (QED) is 0.822. The highest BCUT2D eigenvalue weighted by Crippen LogP contribution is 2.22. The molecule has 0 aromatic carbocycles. The molecule has 1 saturated heterocycles. The van der Waals surface area contributed by atoms with E-state index in [0.29, 0.717) is 12.0 Å². The minimum Gasteiger partial charge on any atom is -0.364 e. The minimum atomic E-state index is -0.539. The maximum absolute atomic E-state index is 11.1. The van der Waals surface area contributed by atoms with E-state index in [1.807, 2.05) is 6.07 Å². The Bertz CT molecular complexity index is 460. The van der Waals surface area contributed by atoms with E-state index in [1.165, 1.54) is 12.8 Å². The van der Waals surface area contributed by atoms with Crippen LogP contribution in [0.15, 0.2) is 12.1 Å². The average Bonchev–Trinajstić information content (AvgIpc) is 2.47. The summed E-state index contributed by atoms with van der Waals surface area (Å²) in [5.41, 5.74) is 5.41. The molecule has 21 heavy (non-hydrogen) atoms. The zero-order valence-electron chi connectivity index (χ0n) is 12.9. The van der Waals surface area contributed by atoms with E-state index in [9.17, 15) is 4.79 Å². The molecule has 2 rings (SSSR count). The molecule has 6 heteroatoms. The van der Waals surface area contributed by atoms with Crippen LogP contribution in [0.5, 0.6) is 0 Å². The summed E-state index contributed by atoms with van der Waals surface area (Å²) >= 11 is 0. The van der Waals surface area contributed by atoms with Crippen LogP contribution < -0.4 is 16.0 Å². The van der Waals surface area contributed by atoms with Crippen molar-refractivity contribution in [1.29, 1.82) is 0 Å². The van der Waals surface area contributed by atoms with Crippen molar-refractivity contribution in [3.05, 3.63) is 17.8 Å². The third-order valence-electron chi connectivity index (χ3n) is 3.76. The molecule has 0 radical (unpaired) electrons. The van der Waals surface area contributed by atoms with Crippen molar-refractivity contribution < 1.29 is 4.79 Å². The van der Waals surface area contributed by atoms with Gasteiger partial charge in [0, 0.05) is 19.1 Å². The second-order valence-electron chi connectivity index (χ2n) is 6.04. The Balaban J connectivity index is 2.01. The van der Waals surface area contributed by atoms with Gasteiger partial charge in [0.25, 0.3) is 5.91 Å². The number of carbonyl (C=O) groups is 1. The Morgan fingerprint density at radius 2 is 2.24 bits per heavy atom. The van der Waals surface area contributed by atoms with Gasteiger partial charge in [-0.05, 0) is 43.9 Å². The number of rotatable bonds is 6. The van der Waals surface area contributed by atoms with Crippen molar-refractivity contribution in [2.24, 2.45) is 11.7 Å². The molecule has 1 unspecified atom stereocenters. The summed E-state index contributed by atoms with van der Waals surface area (Å²) in [7, 11) is 0. The summed E-state index contributed by atoms with van der Waals surface area (Å²) < 4.78 is 0. The third-order valence-corrected chi connectivity index (χ3v) is 3.76. The standard InChI is InChI=1S/C15H25N5O/c1-11(2)9-17-10-12-5-3-4-8-20(12)14-7-6-13(15(16)21)18-19-14/h6-7,11-12,17H,3-5,8-10H2,1-2H3,(H2,16,21). The van der Waals surface area contributed by atoms with Gasteiger partial charge in [-0.3, -0.25) is 4.79 Å². The summed E-state index contributed by atoms with van der Waals surface area (Å²) in [6.45, 7) is 7.38. The van der Waals surface area contributed by atoms with E-state index in [2.05, 4.69) is 34.3 Å². The molecule has 0 bridgehead atoms. The zero-order chi connectivity index (χ0) is 15.2. The summed E-state index contributed by atoms with van der Waals surface area (Å²) in [6, 6.07) is 3.93. The Hall–Kier alpha value is -1.69. The molecule has 1 aromatic rings. The van der Waals surface area contributed by atoms with Crippen molar-refractivity contribution in [1.82, 2.24) is 15.5 Å². The highest BCUT2D eigenvalue weighted by molar-refractivity contribution is 5.90. The van der Waals surface area contributed by atoms with Crippen molar-refractivity contribution >= 4 is 11.7 Å². The maximum Gasteiger partial charge on any atom is 0.269 e. The number of aromatic nitrogens is 2. The number of nitrogens with zero attached hydrogens (tertiary/aromatic N) is 3. The van der Waals surface area contributed by atoms with Crippen LogP contribution in [0.4, 0.5) is 5.82 Å². The summed E-state index contributed by atoms with van der Waals surface area (Å²) in [6.07, 6.45) is 3.57. The van der Waals surface area contributed by atoms with Gasteiger partial charge in [0.1, 0.15) is 0 Å². The number of primary amides is 1. The number of carbonyl (C=O) groups excluding carboxylic acids is 1. The van der Waals surface area contributed by atoms with Gasteiger partial charge < -0.3 is 16.0 Å². The van der Waals surface area contributed by atoms with Crippen LogP contribution in [-0.4, -0.2) is 41.8 Å². The van der Waals surface area contributed by atoms with Gasteiger partial charge in [0.15, 0.2) is 11.5 Å². The molecule has 1 aliphatic rings. The number of piperidine rings is 1. The summed E-state index contributed by atoms with van der Waals surface area (Å²) in [4.78, 5) is 13.3. The molecule has 1 aliphatic heterocycles. The highest BCUT2D eigenvalue weighted by Gasteiger charge is 2.23. The lowest BCUT2D eigenvalue weighted by Crippen LogP contribution is -2.46. The van der Waals surface area contributed by atoms with Crippen LogP contribution in [0.25, 0.3) is 0 Å². The molecule has 0 aliphatic carbocycles. The summed E-state index contributed by atoms with van der Waals surface area (Å²) in [5, 5.41) is 11.6. The Labute approximate surface area is 126 Å². The van der Waals surface area contributed by atoms with Gasteiger partial charge in [-0.15, -0.1) is 10.2 Å². The average molecular weight is 291 g/mol. The number of hydrogen-bond donors (Lipinski definition) is 2. The topological polar surface area (TPSA) is 84.1 Å². The zero-order valence-corrected chi connectivity index (χ0v) is 12.9. The molecule has 1 amide bonds. The van der Waals surface area contributed by atoms with Gasteiger partial charge in [-0.2, -0.15) is 0 Å². The fraction of sp³-hybridized carbons (Fsp3) is 0.667. The predicted octanol–water partition coefficient (Wildman–Crippen LogP) is 1.18. The van der Waals surface area contributed by atoms with Gasteiger partial charge in [0.2, 0.25) is 0 Å². The Morgan fingerprint density at radius 3 is 2.86 bits per heavy atom. The monoisotopic (exact) mass is 291 g/mol. The maximum atomic E-state index is 11.1. The van der Waals surface area contributed by atoms with Crippen molar-refractivity contribution in [2.75, 3.05) is 24.5 Å². The van der Waals surface area contributed by atoms with Crippen LogP contribution in [0.2, 0.25) is 0 Å². The molecule has 1 atom stereocenters. The van der Waals surface area contributed by atoms with Crippen LogP contribution in [-0.2, 0) is 0 Å². The molecule has 116 valence electrons. The first-order valence-corrected chi connectivity index (χ1v) is 7.69. The van der Waals surface area contributed by atoms with E-state index in [1.54, 1.807) is 6.07 Å². The molecule has 1 fully saturated rings. The molecule has 0 spiro atoms. The molecule has 2 heterocycles. The van der Waals surface area contributed by atoms with E-state index >= 15 is 0 Å². The number of nitrogens with one attached hydrogen (secondary N) is 1. The van der Waals surface area contributed by atoms with Gasteiger partial charge in [-0.25, -0.2) is 0 Å². The normalized spacial score (nSPS) is 19.0. The van der Waals surface area contributed by atoms with Crippen molar-refractivity contribution in [3.8, 4) is 0 Å². The van der Waals surface area contributed by atoms with Crippen LogP contribution in [0.1, 0.15) is 43.6 Å². The van der Waals surface area contributed by atoms with Crippen molar-refractivity contribution in [3.63, 3.8) is 0 Å². The first kappa shape index (κ1) is 15.7. The number of anilines is 1. The number of amides is 1. The Morgan fingerprint density at radius 1 is 1.43 bits per heavy atom. The second kappa shape index (κ2) is 7.36. The number of hydrogen-bond acceptors (Lipinski definition) is 5. The SMILES string of the molecule is CC(C)CNCC1CCCCN1c1ccc(C(N)=O)nn1. The van der Waals surface area contributed by atoms with Crippen LogP contribution in [0, 0.1) is 5.92 Å². The van der Waals surface area contributed by atoms with Gasteiger partial charge in [-0.1, -0.05) is 13.8 Å². The van der Waals surface area contributed by atoms with Crippen LogP contribution in [0.3, 0.4) is 0 Å². The fourth-order valence-electron chi connectivity index (χ4n) is 2.66. The first-order valence-electron chi connectivity index (χ1n) is 7.69. The summed E-state index contributed by atoms with van der Waals surface area (Å²) in [5.74, 6) is 0.940. The highest BCUT2D eigenvalue weighted by atomic mass is 16.1. The van der Waals surface area contributed by atoms with E-state index in [4.69, 9.17) is 5.73 Å². The minimum absolute atomic E-state index is 0.213. The molecular formula is C15H25N5O. The third kappa shape index (κ3) is 4.39. The molecule has 3 N–H and O–H groups in total. The molecule has 1 aromatic heterocycles. The Kier molecular flexibility index (Phi) is 5.50. The lowest BCUT2D eigenvalue weighted by molar-refractivity contribution is 0.0994. The number of nitrogens with two attached hydrogens (primary N) is 1. The fourth-order valence-corrected chi connectivity index (χ4v) is 2.66. The smallest absolute Gasteiger partial charge is 0.269 e. The van der Waals surface area contributed by atoms with Gasteiger partial charge >= 0.3 is 0 Å². The predicted molar refractivity (Wildman–Crippen MR) is 83.2 cm³/mol. The lowest BCUT2D eigenvalue weighted by Gasteiger charge is -2.36. The first-order chi connectivity index (χ1) is 10.1. The molecule has 6 nitrogen and oxygen atoms in total. The largest absolute Gasteiger partial charge is 0.364 e. The van der Waals surface area contributed by atoms with E-state index < -0.39 is 5.91 Å². The van der Waals surface area contributed by atoms with Crippen LogP contribution >= 0.6 is 0 Å². The van der Waals surface area contributed by atoms with E-state index in [-0.39, 0.29) is 5.69 Å². The lowest BCUT2D eigenvalue weighted by atomic mass is 10.0. The van der Waals surface area contributed by atoms with Gasteiger partial charge in [0.05, 0.1) is 0 Å². The van der Waals surface area contributed by atoms with E-state index in [0.717, 1.165) is 31.9 Å². The second-order valence-corrected chi connectivity index (χ2v) is 6.04.